The number of anilines is 1. The number of rotatable bonds is 5. The summed E-state index contributed by atoms with van der Waals surface area (Å²) in [5.41, 5.74) is -0.162. The van der Waals surface area contributed by atoms with Gasteiger partial charge in [0.25, 0.3) is 5.91 Å². The van der Waals surface area contributed by atoms with Gasteiger partial charge in [0.2, 0.25) is 0 Å². The minimum Gasteiger partial charge on any atom is -0.462 e. The Kier molecular flexibility index (Phi) is 8.36. The van der Waals surface area contributed by atoms with E-state index in [2.05, 4.69) is 25.8 Å². The number of alkyl halides is 3. The largest absolute Gasteiger partial charge is 0.462 e. The summed E-state index contributed by atoms with van der Waals surface area (Å²) in [6.45, 7) is 1.58. The van der Waals surface area contributed by atoms with Crippen LogP contribution in [0.2, 0.25) is 5.02 Å². The van der Waals surface area contributed by atoms with Crippen molar-refractivity contribution in [2.45, 2.75) is 18.5 Å². The topological polar surface area (TPSA) is 79.3 Å². The van der Waals surface area contributed by atoms with Crippen molar-refractivity contribution in [1.29, 1.82) is 0 Å². The lowest BCUT2D eigenvalue weighted by Gasteiger charge is -2.28. The van der Waals surface area contributed by atoms with Gasteiger partial charge in [-0.25, -0.2) is 9.69 Å². The minimum absolute atomic E-state index is 0.146. The first-order valence-electron chi connectivity index (χ1n) is 11.8. The molecule has 0 spiro atoms. The third-order valence-corrected chi connectivity index (χ3v) is 7.28. The average molecular weight is 637 g/mol. The van der Waals surface area contributed by atoms with Crippen LogP contribution in [0.1, 0.15) is 23.6 Å². The highest BCUT2D eigenvalue weighted by atomic mass is 79.9. The zero-order valence-electron chi connectivity index (χ0n) is 21.2. The number of hydrogen-bond donors (Lipinski definition) is 0. The molecular weight excluding hydrogens is 615 g/mol. The number of carbonyl (C=O) groups is 3. The molecule has 0 aliphatic carbocycles. The van der Waals surface area contributed by atoms with Crippen LogP contribution in [0.5, 0.6) is 0 Å². The van der Waals surface area contributed by atoms with Gasteiger partial charge >= 0.3 is 18.1 Å². The maximum atomic E-state index is 13.5. The second-order valence-corrected chi connectivity index (χ2v) is 10.5. The Hall–Kier alpha value is -3.70. The molecular formula is C28H22BrClF3N3O4. The van der Waals surface area contributed by atoms with Gasteiger partial charge in [-0.3, -0.25) is 14.6 Å². The molecule has 7 nitrogen and oxygen atoms in total. The average Bonchev–Trinajstić information content (AvgIpc) is 3.25. The monoisotopic (exact) mass is 635 g/mol. The zero-order valence-corrected chi connectivity index (χ0v) is 23.5. The molecule has 208 valence electrons. The van der Waals surface area contributed by atoms with E-state index in [1.165, 1.54) is 29.3 Å². The Bertz CT molecular complexity index is 1480. The summed E-state index contributed by atoms with van der Waals surface area (Å²) in [5, 5.41) is 5.53. The molecule has 3 aromatic carbocycles. The van der Waals surface area contributed by atoms with Crippen molar-refractivity contribution in [2.75, 3.05) is 25.1 Å². The van der Waals surface area contributed by atoms with E-state index in [0.717, 1.165) is 18.7 Å². The van der Waals surface area contributed by atoms with Crippen molar-refractivity contribution in [2.24, 2.45) is 5.10 Å². The van der Waals surface area contributed by atoms with Crippen molar-refractivity contribution in [3.05, 3.63) is 99.0 Å². The van der Waals surface area contributed by atoms with E-state index in [1.54, 1.807) is 12.1 Å². The fraction of sp³-hybridized carbons (Fsp3) is 0.214. The first-order valence-corrected chi connectivity index (χ1v) is 13.0. The number of hydrogen-bond acceptors (Lipinski definition) is 6. The normalized spacial score (nSPS) is 16.9. The number of benzene rings is 3. The van der Waals surface area contributed by atoms with Gasteiger partial charge in [0, 0.05) is 10.0 Å². The predicted molar refractivity (Wildman–Crippen MR) is 147 cm³/mol. The number of ether oxygens (including phenoxy) is 1. The second kappa shape index (κ2) is 11.4. The lowest BCUT2D eigenvalue weighted by molar-refractivity contribution is -0.152. The number of halogens is 5. The van der Waals surface area contributed by atoms with Crippen molar-refractivity contribution in [3.63, 3.8) is 0 Å². The van der Waals surface area contributed by atoms with Crippen LogP contribution in [-0.4, -0.2) is 48.7 Å². The number of nitrogens with zero attached hydrogens (tertiary/aromatic N) is 3. The van der Waals surface area contributed by atoms with Crippen LogP contribution in [0.15, 0.2) is 82.4 Å². The molecule has 0 radical (unpaired) electrons. The quantitative estimate of drug-likeness (QED) is 0.260. The molecule has 0 fully saturated rings. The summed E-state index contributed by atoms with van der Waals surface area (Å²) >= 11 is 9.31. The summed E-state index contributed by atoms with van der Waals surface area (Å²) in [7, 11) is 1.03. The Morgan fingerprint density at radius 2 is 1.73 bits per heavy atom. The molecule has 1 heterocycles. The molecule has 4 rings (SSSR count). The highest BCUT2D eigenvalue weighted by Gasteiger charge is 2.43. The summed E-state index contributed by atoms with van der Waals surface area (Å²) in [6.07, 6.45) is -4.63. The van der Waals surface area contributed by atoms with Gasteiger partial charge < -0.3 is 4.74 Å². The fourth-order valence-electron chi connectivity index (χ4n) is 4.49. The predicted octanol–water partition coefficient (Wildman–Crippen LogP) is 5.83. The number of carbonyl (C=O) groups excluding carboxylic acids is 3. The Morgan fingerprint density at radius 1 is 1.07 bits per heavy atom. The molecule has 12 heteroatoms. The Labute approximate surface area is 241 Å². The summed E-state index contributed by atoms with van der Waals surface area (Å²) < 4.78 is 45.2. The van der Waals surface area contributed by atoms with Gasteiger partial charge in [0.05, 0.1) is 41.1 Å². The zero-order chi connectivity index (χ0) is 29.2. The minimum atomic E-state index is -4.63. The Morgan fingerprint density at radius 3 is 2.30 bits per heavy atom. The van der Waals surface area contributed by atoms with E-state index >= 15 is 0 Å². The van der Waals surface area contributed by atoms with E-state index < -0.39 is 46.5 Å². The van der Waals surface area contributed by atoms with Crippen LogP contribution >= 0.6 is 27.5 Å². The number of esters is 1. The van der Waals surface area contributed by atoms with Gasteiger partial charge in [-0.2, -0.15) is 18.3 Å². The van der Waals surface area contributed by atoms with Gasteiger partial charge in [0.15, 0.2) is 0 Å². The maximum Gasteiger partial charge on any atom is 0.417 e. The molecule has 3 aromatic rings. The molecule has 1 aliphatic rings. The van der Waals surface area contributed by atoms with Gasteiger partial charge in [-0.05, 0) is 48.9 Å². The maximum absolute atomic E-state index is 13.5. The molecule has 40 heavy (non-hydrogen) atoms. The van der Waals surface area contributed by atoms with Crippen molar-refractivity contribution in [1.82, 2.24) is 5.01 Å². The standard InChI is InChI=1S/C28H22BrClF3N3O4/c1-27(18-6-4-3-5-7-18)16-35(34-24(27)17-8-13-21(22(30)14-17)28(31,32)33)15-23(37)36(25(38)26(39)40-2)20-11-9-19(29)10-12-20/h3-14H,15-16H2,1-2H3. The van der Waals surface area contributed by atoms with Crippen molar-refractivity contribution in [3.8, 4) is 0 Å². The molecule has 0 saturated carbocycles. The molecule has 2 amide bonds. The third-order valence-electron chi connectivity index (χ3n) is 6.44. The van der Waals surface area contributed by atoms with E-state index in [9.17, 15) is 27.6 Å². The lowest BCUT2D eigenvalue weighted by Crippen LogP contribution is -2.46. The summed E-state index contributed by atoms with van der Waals surface area (Å²) in [6, 6.07) is 18.7. The first kappa shape index (κ1) is 29.3. The van der Waals surface area contributed by atoms with Gasteiger partial charge in [0.1, 0.15) is 6.54 Å². The summed E-state index contributed by atoms with van der Waals surface area (Å²) in [5.74, 6) is -3.17. The molecule has 1 unspecified atom stereocenters. The number of imide groups is 1. The molecule has 0 bridgehead atoms. The number of methoxy groups -OCH3 is 1. The van der Waals surface area contributed by atoms with Crippen LogP contribution in [0.25, 0.3) is 0 Å². The molecule has 0 aromatic heterocycles. The molecule has 0 saturated heterocycles. The Balaban J connectivity index is 1.73. The molecule has 1 atom stereocenters. The smallest absolute Gasteiger partial charge is 0.417 e. The summed E-state index contributed by atoms with van der Waals surface area (Å²) in [4.78, 5) is 39.1. The fourth-order valence-corrected chi connectivity index (χ4v) is 5.04. The van der Waals surface area contributed by atoms with Gasteiger partial charge in [-0.15, -0.1) is 0 Å². The third kappa shape index (κ3) is 5.90. The second-order valence-electron chi connectivity index (χ2n) is 9.16. The van der Waals surface area contributed by atoms with Crippen molar-refractivity contribution < 1.29 is 32.3 Å². The van der Waals surface area contributed by atoms with Crippen LogP contribution in [0, 0.1) is 0 Å². The van der Waals surface area contributed by atoms with Crippen LogP contribution in [-0.2, 0) is 30.7 Å². The van der Waals surface area contributed by atoms with E-state index in [0.29, 0.717) is 20.6 Å². The van der Waals surface area contributed by atoms with Crippen LogP contribution in [0.3, 0.4) is 0 Å². The lowest BCUT2D eigenvalue weighted by atomic mass is 9.76. The highest BCUT2D eigenvalue weighted by molar-refractivity contribution is 9.10. The van der Waals surface area contributed by atoms with Crippen LogP contribution in [0.4, 0.5) is 18.9 Å². The van der Waals surface area contributed by atoms with E-state index in [4.69, 9.17) is 11.6 Å². The van der Waals surface area contributed by atoms with Gasteiger partial charge in [-0.1, -0.05) is 63.9 Å². The molecule has 0 N–H and O–H groups in total. The van der Waals surface area contributed by atoms with Crippen molar-refractivity contribution >= 4 is 56.7 Å². The SMILES string of the molecule is COC(=O)C(=O)N(C(=O)CN1CC(C)(c2ccccc2)C(c2ccc(C(F)(F)F)c(Cl)c2)=N1)c1ccc(Br)cc1. The number of amides is 2. The first-order chi connectivity index (χ1) is 18.8. The highest BCUT2D eigenvalue weighted by Crippen LogP contribution is 2.39. The van der Waals surface area contributed by atoms with Crippen LogP contribution < -0.4 is 4.90 Å². The van der Waals surface area contributed by atoms with E-state index in [1.807, 2.05) is 37.3 Å². The molecule has 1 aliphatic heterocycles. The number of hydrazone groups is 1. The van der Waals surface area contributed by atoms with E-state index in [-0.39, 0.29) is 12.2 Å².